The Bertz CT molecular complexity index is 547. The van der Waals surface area contributed by atoms with E-state index in [1.807, 2.05) is 6.07 Å². The van der Waals surface area contributed by atoms with Crippen molar-refractivity contribution in [3.63, 3.8) is 0 Å². The minimum absolute atomic E-state index is 0.105. The van der Waals surface area contributed by atoms with Gasteiger partial charge in [-0.15, -0.1) is 0 Å². The van der Waals surface area contributed by atoms with Crippen LogP contribution in [0.15, 0.2) is 18.2 Å². The van der Waals surface area contributed by atoms with E-state index in [1.54, 1.807) is 19.2 Å². The number of H-pyrrole nitrogens is 1. The zero-order chi connectivity index (χ0) is 11.7. The zero-order valence-corrected chi connectivity index (χ0v) is 9.34. The van der Waals surface area contributed by atoms with Gasteiger partial charge < -0.3 is 14.8 Å². The number of fused-ring (bicyclic) bond motifs is 1. The molecule has 1 aromatic carbocycles. The molecule has 0 atom stereocenters. The summed E-state index contributed by atoms with van der Waals surface area (Å²) in [5.41, 5.74) is 1.39. The number of nitrogens with one attached hydrogen (secondary N) is 1. The number of aliphatic carboxylic acids is 1. The average molecular weight is 240 g/mol. The number of aromatic nitrogens is 1. The number of halogens is 1. The topological polar surface area (TPSA) is 62.3 Å². The number of aromatic amines is 1. The first kappa shape index (κ1) is 10.8. The van der Waals surface area contributed by atoms with Crippen molar-refractivity contribution in [3.05, 3.63) is 28.9 Å². The molecule has 2 N–H and O–H groups in total. The van der Waals surface area contributed by atoms with Crippen molar-refractivity contribution in [1.29, 1.82) is 0 Å². The third-order valence-electron chi connectivity index (χ3n) is 2.39. The fourth-order valence-electron chi connectivity index (χ4n) is 1.64. The van der Waals surface area contributed by atoms with E-state index < -0.39 is 5.97 Å². The minimum Gasteiger partial charge on any atom is -0.497 e. The Hall–Kier alpha value is -1.68. The van der Waals surface area contributed by atoms with Crippen molar-refractivity contribution in [1.82, 2.24) is 4.98 Å². The maximum atomic E-state index is 10.7. The molecule has 0 spiro atoms. The Morgan fingerprint density at radius 1 is 1.56 bits per heavy atom. The molecule has 0 aliphatic rings. The lowest BCUT2D eigenvalue weighted by Crippen LogP contribution is -1.99. The molecule has 1 heterocycles. The van der Waals surface area contributed by atoms with Crippen LogP contribution in [0.3, 0.4) is 0 Å². The number of carbonyl (C=O) groups is 1. The van der Waals surface area contributed by atoms with Gasteiger partial charge in [0, 0.05) is 16.5 Å². The van der Waals surface area contributed by atoms with E-state index >= 15 is 0 Å². The first-order valence-electron chi connectivity index (χ1n) is 4.67. The molecule has 0 amide bonds. The highest BCUT2D eigenvalue weighted by Gasteiger charge is 2.13. The summed E-state index contributed by atoms with van der Waals surface area (Å²) >= 11 is 5.95. The highest BCUT2D eigenvalue weighted by molar-refractivity contribution is 6.32. The smallest absolute Gasteiger partial charge is 0.307 e. The standard InChI is InChI=1S/C11H10ClNO3/c1-16-6-2-3-9-7(4-6)8(5-10(14)15)11(12)13-9/h2-4,13H,5H2,1H3,(H,14,15). The van der Waals surface area contributed by atoms with Crippen LogP contribution >= 0.6 is 11.6 Å². The van der Waals surface area contributed by atoms with Gasteiger partial charge in [-0.3, -0.25) is 4.79 Å². The summed E-state index contributed by atoms with van der Waals surface area (Å²) in [6.45, 7) is 0. The lowest BCUT2D eigenvalue weighted by Gasteiger charge is -2.00. The van der Waals surface area contributed by atoms with Crippen LogP contribution < -0.4 is 4.74 Å². The lowest BCUT2D eigenvalue weighted by molar-refractivity contribution is -0.136. The Kier molecular flexibility index (Phi) is 2.75. The van der Waals surface area contributed by atoms with Gasteiger partial charge >= 0.3 is 5.97 Å². The van der Waals surface area contributed by atoms with Crippen LogP contribution in [0.25, 0.3) is 10.9 Å². The summed E-state index contributed by atoms with van der Waals surface area (Å²) in [4.78, 5) is 13.6. The van der Waals surface area contributed by atoms with Gasteiger partial charge in [-0.05, 0) is 18.2 Å². The van der Waals surface area contributed by atoms with E-state index in [9.17, 15) is 4.79 Å². The second kappa shape index (κ2) is 4.06. The molecule has 0 aliphatic carbocycles. The Labute approximate surface area is 96.8 Å². The van der Waals surface area contributed by atoms with Gasteiger partial charge in [-0.25, -0.2) is 0 Å². The molecule has 0 fully saturated rings. The zero-order valence-electron chi connectivity index (χ0n) is 8.58. The molecule has 1 aromatic heterocycles. The van der Waals surface area contributed by atoms with Crippen LogP contribution in [0.4, 0.5) is 0 Å². The molecule has 0 aliphatic heterocycles. The van der Waals surface area contributed by atoms with Crippen molar-refractivity contribution < 1.29 is 14.6 Å². The molecule has 4 nitrogen and oxygen atoms in total. The maximum absolute atomic E-state index is 10.7. The number of hydrogen-bond donors (Lipinski definition) is 2. The van der Waals surface area contributed by atoms with Crippen LogP contribution in [0, 0.1) is 0 Å². The van der Waals surface area contributed by atoms with Crippen LogP contribution in [0.1, 0.15) is 5.56 Å². The third kappa shape index (κ3) is 1.84. The van der Waals surface area contributed by atoms with Gasteiger partial charge in [-0.1, -0.05) is 11.6 Å². The van der Waals surface area contributed by atoms with Gasteiger partial charge in [-0.2, -0.15) is 0 Å². The van der Waals surface area contributed by atoms with Crippen LogP contribution in [0.5, 0.6) is 5.75 Å². The molecular weight excluding hydrogens is 230 g/mol. The third-order valence-corrected chi connectivity index (χ3v) is 2.71. The van der Waals surface area contributed by atoms with Crippen molar-refractivity contribution in [2.45, 2.75) is 6.42 Å². The summed E-state index contributed by atoms with van der Waals surface area (Å²) < 4.78 is 5.09. The summed E-state index contributed by atoms with van der Waals surface area (Å²) in [5.74, 6) is -0.236. The number of benzene rings is 1. The number of carboxylic acid groups (broad SMARTS) is 1. The van der Waals surface area contributed by atoms with Gasteiger partial charge in [0.2, 0.25) is 0 Å². The number of hydrogen-bond acceptors (Lipinski definition) is 2. The Morgan fingerprint density at radius 3 is 2.94 bits per heavy atom. The van der Waals surface area contributed by atoms with Crippen LogP contribution in [0.2, 0.25) is 5.15 Å². The molecule has 0 saturated heterocycles. The number of ether oxygens (including phenoxy) is 1. The summed E-state index contributed by atoms with van der Waals surface area (Å²) in [6, 6.07) is 5.38. The van der Waals surface area contributed by atoms with E-state index in [1.165, 1.54) is 0 Å². The molecule has 2 rings (SSSR count). The van der Waals surface area contributed by atoms with Gasteiger partial charge in [0.1, 0.15) is 10.9 Å². The number of carboxylic acids is 1. The van der Waals surface area contributed by atoms with E-state index in [0.29, 0.717) is 16.5 Å². The molecule has 16 heavy (non-hydrogen) atoms. The Morgan fingerprint density at radius 2 is 2.31 bits per heavy atom. The fourth-order valence-corrected chi connectivity index (χ4v) is 1.92. The van der Waals surface area contributed by atoms with E-state index in [0.717, 1.165) is 10.9 Å². The number of methoxy groups -OCH3 is 1. The molecule has 0 unspecified atom stereocenters. The minimum atomic E-state index is -0.911. The largest absolute Gasteiger partial charge is 0.497 e. The second-order valence-corrected chi connectivity index (χ2v) is 3.78. The molecule has 0 saturated carbocycles. The maximum Gasteiger partial charge on any atom is 0.307 e. The first-order chi connectivity index (χ1) is 7.61. The second-order valence-electron chi connectivity index (χ2n) is 3.40. The molecule has 0 radical (unpaired) electrons. The number of rotatable bonds is 3. The lowest BCUT2D eigenvalue weighted by atomic mass is 10.1. The predicted molar refractivity (Wildman–Crippen MR) is 61.2 cm³/mol. The van der Waals surface area contributed by atoms with Crippen molar-refractivity contribution in [2.24, 2.45) is 0 Å². The monoisotopic (exact) mass is 239 g/mol. The molecule has 0 bridgehead atoms. The van der Waals surface area contributed by atoms with Gasteiger partial charge in [0.15, 0.2) is 0 Å². The summed E-state index contributed by atoms with van der Waals surface area (Å²) in [5, 5.41) is 9.94. The molecular formula is C11H10ClNO3. The van der Waals surface area contributed by atoms with Crippen molar-refractivity contribution >= 4 is 28.5 Å². The summed E-state index contributed by atoms with van der Waals surface area (Å²) in [6.07, 6.45) is -0.105. The van der Waals surface area contributed by atoms with E-state index in [4.69, 9.17) is 21.4 Å². The fraction of sp³-hybridized carbons (Fsp3) is 0.182. The Balaban J connectivity index is 2.61. The SMILES string of the molecule is COc1ccc2[nH]c(Cl)c(CC(=O)O)c2c1. The van der Waals surface area contributed by atoms with E-state index in [-0.39, 0.29) is 6.42 Å². The van der Waals surface area contributed by atoms with Gasteiger partial charge in [0.25, 0.3) is 0 Å². The van der Waals surface area contributed by atoms with Crippen molar-refractivity contribution in [3.8, 4) is 5.75 Å². The molecule has 2 aromatic rings. The van der Waals surface area contributed by atoms with Crippen LogP contribution in [-0.2, 0) is 11.2 Å². The quantitative estimate of drug-likeness (QED) is 0.865. The summed E-state index contributed by atoms with van der Waals surface area (Å²) in [7, 11) is 1.56. The molecule has 5 heteroatoms. The highest BCUT2D eigenvalue weighted by Crippen LogP contribution is 2.29. The first-order valence-corrected chi connectivity index (χ1v) is 5.05. The molecule has 84 valence electrons. The predicted octanol–water partition coefficient (Wildman–Crippen LogP) is 2.46. The highest BCUT2D eigenvalue weighted by atomic mass is 35.5. The van der Waals surface area contributed by atoms with E-state index in [2.05, 4.69) is 4.98 Å². The average Bonchev–Trinajstić information content (AvgIpc) is 2.54. The van der Waals surface area contributed by atoms with Crippen LogP contribution in [-0.4, -0.2) is 23.2 Å². The van der Waals surface area contributed by atoms with Crippen molar-refractivity contribution in [2.75, 3.05) is 7.11 Å². The normalized spacial score (nSPS) is 10.6. The van der Waals surface area contributed by atoms with Gasteiger partial charge in [0.05, 0.1) is 13.5 Å².